The van der Waals surface area contributed by atoms with Crippen molar-refractivity contribution in [1.82, 2.24) is 0 Å². The van der Waals surface area contributed by atoms with Gasteiger partial charge in [-0.25, -0.2) is 0 Å². The summed E-state index contributed by atoms with van der Waals surface area (Å²) < 4.78 is 14.2. The zero-order valence-electron chi connectivity index (χ0n) is 11.4. The Bertz CT molecular complexity index is 460. The van der Waals surface area contributed by atoms with Gasteiger partial charge >= 0.3 is 5.69 Å². The summed E-state index contributed by atoms with van der Waals surface area (Å²) in [6.07, 6.45) is 4.34. The molecule has 0 heterocycles. The minimum absolute atomic E-state index is 0.160. The number of nitro benzene ring substituents is 1. The van der Waals surface area contributed by atoms with Crippen LogP contribution >= 0.6 is 0 Å². The highest BCUT2D eigenvalue weighted by Crippen LogP contribution is 2.33. The van der Waals surface area contributed by atoms with Gasteiger partial charge < -0.3 is 5.11 Å². The van der Waals surface area contributed by atoms with E-state index < -0.39 is 16.4 Å². The predicted octanol–water partition coefficient (Wildman–Crippen LogP) is 4.12. The third-order valence-corrected chi connectivity index (χ3v) is 3.19. The normalized spacial score (nSPS) is 10.7. The number of phenols is 1. The average molecular weight is 269 g/mol. The van der Waals surface area contributed by atoms with Crippen molar-refractivity contribution in [3.05, 3.63) is 33.1 Å². The zero-order valence-corrected chi connectivity index (χ0v) is 11.4. The molecule has 0 radical (unpaired) electrons. The van der Waals surface area contributed by atoms with Gasteiger partial charge in [-0.3, -0.25) is 10.1 Å². The third-order valence-electron chi connectivity index (χ3n) is 3.19. The topological polar surface area (TPSA) is 63.4 Å². The van der Waals surface area contributed by atoms with Crippen molar-refractivity contribution in [3.63, 3.8) is 0 Å². The van der Waals surface area contributed by atoms with Gasteiger partial charge in [0.15, 0.2) is 0 Å². The van der Waals surface area contributed by atoms with Crippen LogP contribution in [0.2, 0.25) is 0 Å². The molecule has 0 saturated heterocycles. The molecule has 0 atom stereocenters. The molecule has 1 rings (SSSR count). The van der Waals surface area contributed by atoms with Gasteiger partial charge in [0.2, 0.25) is 5.82 Å². The second kappa shape index (κ2) is 7.07. The number of benzene rings is 1. The molecular weight excluding hydrogens is 249 g/mol. The second-order valence-electron chi connectivity index (χ2n) is 4.65. The smallest absolute Gasteiger partial charge is 0.308 e. The van der Waals surface area contributed by atoms with Gasteiger partial charge in [-0.2, -0.15) is 4.39 Å². The van der Waals surface area contributed by atoms with Crippen LogP contribution in [0.5, 0.6) is 5.75 Å². The summed E-state index contributed by atoms with van der Waals surface area (Å²) in [4.78, 5) is 10.00. The molecule has 0 bridgehead atoms. The number of nitrogens with zero attached hydrogens (tertiary/aromatic N) is 1. The number of nitro groups is 1. The first kappa shape index (κ1) is 15.4. The monoisotopic (exact) mass is 269 g/mol. The number of aromatic hydroxyl groups is 1. The molecule has 4 nitrogen and oxygen atoms in total. The number of phenolic OH excluding ortho intramolecular Hbond substituents is 1. The van der Waals surface area contributed by atoms with E-state index in [0.29, 0.717) is 24.0 Å². The van der Waals surface area contributed by atoms with Gasteiger partial charge in [0, 0.05) is 11.1 Å². The standard InChI is InChI=1S/C14H20FNO3/c1-3-5-7-10-11(8-6-4-2)14(15)12(16(18)19)9-13(10)17/h9,17H,3-8H2,1-2H3. The average Bonchev–Trinajstić information content (AvgIpc) is 2.37. The predicted molar refractivity (Wildman–Crippen MR) is 71.9 cm³/mol. The quantitative estimate of drug-likeness (QED) is 0.598. The number of hydrogen-bond donors (Lipinski definition) is 1. The van der Waals surface area contributed by atoms with E-state index in [2.05, 4.69) is 0 Å². The molecule has 1 aromatic rings. The highest BCUT2D eigenvalue weighted by Gasteiger charge is 2.23. The fraction of sp³-hybridized carbons (Fsp3) is 0.571. The van der Waals surface area contributed by atoms with Gasteiger partial charge in [0.25, 0.3) is 0 Å². The SMILES string of the molecule is CCCCc1c(O)cc([N+](=O)[O-])c(F)c1CCCC. The Labute approximate surface area is 112 Å². The Kier molecular flexibility index (Phi) is 5.73. The molecule has 0 fully saturated rings. The lowest BCUT2D eigenvalue weighted by molar-refractivity contribution is -0.387. The van der Waals surface area contributed by atoms with Crippen molar-refractivity contribution in [3.8, 4) is 5.75 Å². The molecule has 106 valence electrons. The van der Waals surface area contributed by atoms with Crippen LogP contribution in [0.3, 0.4) is 0 Å². The van der Waals surface area contributed by atoms with E-state index in [1.165, 1.54) is 0 Å². The van der Waals surface area contributed by atoms with Gasteiger partial charge in [0.1, 0.15) is 5.75 Å². The Hall–Kier alpha value is -1.65. The third kappa shape index (κ3) is 3.66. The van der Waals surface area contributed by atoms with Gasteiger partial charge in [0.05, 0.1) is 11.0 Å². The summed E-state index contributed by atoms with van der Waals surface area (Å²) >= 11 is 0. The largest absolute Gasteiger partial charge is 0.507 e. The molecule has 0 aliphatic rings. The first-order valence-electron chi connectivity index (χ1n) is 6.70. The number of hydrogen-bond acceptors (Lipinski definition) is 3. The Morgan fingerprint density at radius 2 is 1.74 bits per heavy atom. The van der Waals surface area contributed by atoms with Crippen LogP contribution in [0.25, 0.3) is 0 Å². The molecule has 0 aliphatic carbocycles. The Morgan fingerprint density at radius 3 is 2.21 bits per heavy atom. The Morgan fingerprint density at radius 1 is 1.21 bits per heavy atom. The van der Waals surface area contributed by atoms with E-state index >= 15 is 0 Å². The minimum Gasteiger partial charge on any atom is -0.507 e. The van der Waals surface area contributed by atoms with Crippen LogP contribution in [0.15, 0.2) is 6.07 Å². The maximum Gasteiger partial charge on any atom is 0.308 e. The van der Waals surface area contributed by atoms with Crippen molar-refractivity contribution in [2.45, 2.75) is 52.4 Å². The van der Waals surface area contributed by atoms with E-state index in [0.717, 1.165) is 31.7 Å². The zero-order chi connectivity index (χ0) is 14.4. The first-order valence-corrected chi connectivity index (χ1v) is 6.70. The molecule has 0 saturated carbocycles. The molecular formula is C14H20FNO3. The fourth-order valence-corrected chi connectivity index (χ4v) is 2.10. The second-order valence-corrected chi connectivity index (χ2v) is 4.65. The molecule has 0 amide bonds. The van der Waals surface area contributed by atoms with E-state index in [9.17, 15) is 19.6 Å². The van der Waals surface area contributed by atoms with E-state index in [-0.39, 0.29) is 5.75 Å². The highest BCUT2D eigenvalue weighted by atomic mass is 19.1. The molecule has 19 heavy (non-hydrogen) atoms. The van der Waals surface area contributed by atoms with Crippen molar-refractivity contribution in [2.75, 3.05) is 0 Å². The van der Waals surface area contributed by atoms with E-state index in [1.807, 2.05) is 13.8 Å². The molecule has 1 aromatic carbocycles. The van der Waals surface area contributed by atoms with E-state index in [1.54, 1.807) is 0 Å². The molecule has 0 unspecified atom stereocenters. The summed E-state index contributed by atoms with van der Waals surface area (Å²) in [7, 11) is 0. The summed E-state index contributed by atoms with van der Waals surface area (Å²) in [6, 6.07) is 0.926. The van der Waals surface area contributed by atoms with Gasteiger partial charge in [-0.15, -0.1) is 0 Å². The van der Waals surface area contributed by atoms with Gasteiger partial charge in [-0.05, 0) is 25.7 Å². The van der Waals surface area contributed by atoms with Crippen LogP contribution in [0, 0.1) is 15.9 Å². The molecule has 0 aliphatic heterocycles. The minimum atomic E-state index is -0.789. The maximum absolute atomic E-state index is 14.2. The maximum atomic E-state index is 14.2. The summed E-state index contributed by atoms with van der Waals surface area (Å²) in [5, 5.41) is 20.7. The van der Waals surface area contributed by atoms with Crippen LogP contribution in [-0.4, -0.2) is 10.0 Å². The molecule has 5 heteroatoms. The van der Waals surface area contributed by atoms with Crippen molar-refractivity contribution in [2.24, 2.45) is 0 Å². The number of rotatable bonds is 7. The van der Waals surface area contributed by atoms with Crippen LogP contribution in [-0.2, 0) is 12.8 Å². The van der Waals surface area contributed by atoms with E-state index in [4.69, 9.17) is 0 Å². The van der Waals surface area contributed by atoms with Crippen molar-refractivity contribution >= 4 is 5.69 Å². The Balaban J connectivity index is 3.27. The highest BCUT2D eigenvalue weighted by molar-refractivity contribution is 5.50. The van der Waals surface area contributed by atoms with Crippen LogP contribution in [0.4, 0.5) is 10.1 Å². The van der Waals surface area contributed by atoms with Crippen LogP contribution in [0.1, 0.15) is 50.7 Å². The molecule has 0 spiro atoms. The lowest BCUT2D eigenvalue weighted by Crippen LogP contribution is -2.04. The molecule has 0 aromatic heterocycles. The first-order chi connectivity index (χ1) is 9.02. The van der Waals surface area contributed by atoms with Gasteiger partial charge in [-0.1, -0.05) is 26.7 Å². The lowest BCUT2D eigenvalue weighted by Gasteiger charge is -2.12. The van der Waals surface area contributed by atoms with Crippen LogP contribution < -0.4 is 0 Å². The lowest BCUT2D eigenvalue weighted by atomic mass is 9.95. The van der Waals surface area contributed by atoms with Crippen molar-refractivity contribution < 1.29 is 14.4 Å². The fourth-order valence-electron chi connectivity index (χ4n) is 2.10. The number of unbranched alkanes of at least 4 members (excludes halogenated alkanes) is 2. The summed E-state index contributed by atoms with van der Waals surface area (Å²) in [6.45, 7) is 3.98. The molecule has 1 N–H and O–H groups in total. The van der Waals surface area contributed by atoms with Crippen molar-refractivity contribution in [1.29, 1.82) is 0 Å². The summed E-state index contributed by atoms with van der Waals surface area (Å²) in [5.41, 5.74) is 0.198. The number of halogens is 1. The summed E-state index contributed by atoms with van der Waals surface area (Å²) in [5.74, 6) is -0.949.